The highest BCUT2D eigenvalue weighted by Crippen LogP contribution is 2.26. The van der Waals surface area contributed by atoms with Crippen molar-refractivity contribution >= 4 is 22.5 Å². The van der Waals surface area contributed by atoms with Gasteiger partial charge in [0.05, 0.1) is 23.9 Å². The first-order chi connectivity index (χ1) is 13.3. The number of nitrogens with zero attached hydrogens (tertiary/aromatic N) is 6. The summed E-state index contributed by atoms with van der Waals surface area (Å²) < 4.78 is 7.93. The maximum Gasteiger partial charge on any atom is 0.229 e. The van der Waals surface area contributed by atoms with Crippen molar-refractivity contribution in [3.8, 4) is 0 Å². The molecule has 5 rings (SSSR count). The lowest BCUT2D eigenvalue weighted by atomic mass is 10.2. The van der Waals surface area contributed by atoms with Crippen LogP contribution in [0.3, 0.4) is 0 Å². The van der Waals surface area contributed by atoms with Gasteiger partial charge in [0.1, 0.15) is 5.82 Å². The fraction of sp³-hybridized carbons (Fsp3) is 0.300. The Labute approximate surface area is 156 Å². The number of hydrogen-bond donors (Lipinski definition) is 0. The fourth-order valence-electron chi connectivity index (χ4n) is 3.58. The third-order valence-electron chi connectivity index (χ3n) is 4.89. The predicted molar refractivity (Wildman–Crippen MR) is 103 cm³/mol. The van der Waals surface area contributed by atoms with Crippen molar-refractivity contribution in [1.29, 1.82) is 0 Å². The van der Waals surface area contributed by atoms with Gasteiger partial charge in [0.25, 0.3) is 0 Å². The van der Waals surface area contributed by atoms with E-state index in [1.807, 2.05) is 53.9 Å². The van der Waals surface area contributed by atoms with Crippen LogP contribution in [0.5, 0.6) is 0 Å². The fourth-order valence-corrected chi connectivity index (χ4v) is 3.58. The van der Waals surface area contributed by atoms with Crippen molar-refractivity contribution in [1.82, 2.24) is 24.6 Å². The standard InChI is InChI=1S/C20H20N6O/c1-14-22-19-17-7-2-3-8-18(17)23-20(26(19)24-14)25-11-9-16(12-25)27-13-15-6-4-5-10-21-15/h2-8,10,16H,9,11-13H2,1H3/t16-/m1/s1. The molecule has 0 amide bonds. The molecule has 0 spiro atoms. The Balaban J connectivity index is 1.42. The summed E-state index contributed by atoms with van der Waals surface area (Å²) in [4.78, 5) is 16.0. The van der Waals surface area contributed by atoms with Gasteiger partial charge in [-0.25, -0.2) is 9.97 Å². The molecule has 1 aliphatic heterocycles. The minimum Gasteiger partial charge on any atom is -0.370 e. The number of benzene rings is 1. The van der Waals surface area contributed by atoms with Crippen molar-refractivity contribution in [3.05, 3.63) is 60.2 Å². The van der Waals surface area contributed by atoms with Crippen LogP contribution in [0.25, 0.3) is 16.6 Å². The van der Waals surface area contributed by atoms with Gasteiger partial charge in [0.2, 0.25) is 5.95 Å². The Bertz CT molecular complexity index is 1090. The second-order valence-electron chi connectivity index (χ2n) is 6.81. The van der Waals surface area contributed by atoms with Crippen LogP contribution in [0.15, 0.2) is 48.7 Å². The predicted octanol–water partition coefficient (Wildman–Crippen LogP) is 2.78. The Hall–Kier alpha value is -3.06. The Morgan fingerprint density at radius 3 is 2.89 bits per heavy atom. The average molecular weight is 360 g/mol. The number of anilines is 1. The molecule has 0 aliphatic carbocycles. The molecular weight excluding hydrogens is 340 g/mol. The van der Waals surface area contributed by atoms with E-state index in [4.69, 9.17) is 9.72 Å². The van der Waals surface area contributed by atoms with E-state index < -0.39 is 0 Å². The van der Waals surface area contributed by atoms with Crippen molar-refractivity contribution < 1.29 is 4.74 Å². The molecule has 136 valence electrons. The summed E-state index contributed by atoms with van der Waals surface area (Å²) >= 11 is 0. The van der Waals surface area contributed by atoms with E-state index in [0.717, 1.165) is 53.5 Å². The molecule has 1 fully saturated rings. The van der Waals surface area contributed by atoms with Crippen molar-refractivity contribution in [3.63, 3.8) is 0 Å². The number of hydrogen-bond acceptors (Lipinski definition) is 6. The molecular formula is C20H20N6O. The minimum absolute atomic E-state index is 0.153. The molecule has 0 saturated carbocycles. The van der Waals surface area contributed by atoms with Crippen molar-refractivity contribution in [2.45, 2.75) is 26.1 Å². The molecule has 1 aliphatic rings. The van der Waals surface area contributed by atoms with E-state index in [2.05, 4.69) is 20.0 Å². The lowest BCUT2D eigenvalue weighted by molar-refractivity contribution is 0.0533. The van der Waals surface area contributed by atoms with Gasteiger partial charge in [-0.15, -0.1) is 5.10 Å². The molecule has 1 saturated heterocycles. The lowest BCUT2D eigenvalue weighted by Gasteiger charge is -2.18. The van der Waals surface area contributed by atoms with Gasteiger partial charge in [-0.1, -0.05) is 18.2 Å². The SMILES string of the molecule is Cc1nc2c3ccccc3nc(N3CC[C@@H](OCc4ccccn4)C3)n2n1. The van der Waals surface area contributed by atoms with Gasteiger partial charge in [-0.3, -0.25) is 4.98 Å². The summed E-state index contributed by atoms with van der Waals surface area (Å²) in [5.41, 5.74) is 2.74. The lowest BCUT2D eigenvalue weighted by Crippen LogP contribution is -2.26. The molecule has 7 nitrogen and oxygen atoms in total. The van der Waals surface area contributed by atoms with E-state index in [9.17, 15) is 0 Å². The Morgan fingerprint density at radius 1 is 1.11 bits per heavy atom. The topological polar surface area (TPSA) is 68.4 Å². The third-order valence-corrected chi connectivity index (χ3v) is 4.89. The zero-order chi connectivity index (χ0) is 18.2. The zero-order valence-corrected chi connectivity index (χ0v) is 15.1. The second-order valence-corrected chi connectivity index (χ2v) is 6.81. The highest BCUT2D eigenvalue weighted by Gasteiger charge is 2.27. The van der Waals surface area contributed by atoms with Gasteiger partial charge in [0, 0.05) is 24.7 Å². The number of aromatic nitrogens is 5. The molecule has 1 atom stereocenters. The molecule has 4 heterocycles. The number of ether oxygens (including phenoxy) is 1. The second kappa shape index (κ2) is 6.59. The summed E-state index contributed by atoms with van der Waals surface area (Å²) in [6.45, 7) is 4.11. The molecule has 0 radical (unpaired) electrons. The number of pyridine rings is 1. The van der Waals surface area contributed by atoms with E-state index in [1.54, 1.807) is 6.20 Å². The van der Waals surface area contributed by atoms with Crippen LogP contribution >= 0.6 is 0 Å². The van der Waals surface area contributed by atoms with Gasteiger partial charge >= 0.3 is 0 Å². The van der Waals surface area contributed by atoms with Crippen LogP contribution in [0.1, 0.15) is 17.9 Å². The van der Waals surface area contributed by atoms with Crippen LogP contribution in [0.2, 0.25) is 0 Å². The smallest absolute Gasteiger partial charge is 0.229 e. The van der Waals surface area contributed by atoms with Crippen LogP contribution in [0, 0.1) is 6.92 Å². The van der Waals surface area contributed by atoms with Crippen LogP contribution < -0.4 is 4.90 Å². The zero-order valence-electron chi connectivity index (χ0n) is 15.1. The summed E-state index contributed by atoms with van der Waals surface area (Å²) in [6, 6.07) is 13.9. The minimum atomic E-state index is 0.153. The molecule has 3 aromatic heterocycles. The first kappa shape index (κ1) is 16.1. The summed E-state index contributed by atoms with van der Waals surface area (Å²) in [7, 11) is 0. The average Bonchev–Trinajstić information content (AvgIpc) is 3.33. The van der Waals surface area contributed by atoms with Crippen LogP contribution in [0.4, 0.5) is 5.95 Å². The van der Waals surface area contributed by atoms with Gasteiger partial charge in [-0.2, -0.15) is 4.52 Å². The number of para-hydroxylation sites is 1. The normalized spacial score (nSPS) is 17.2. The number of aryl methyl sites for hydroxylation is 1. The first-order valence-corrected chi connectivity index (χ1v) is 9.16. The van der Waals surface area contributed by atoms with Crippen molar-refractivity contribution in [2.24, 2.45) is 0 Å². The van der Waals surface area contributed by atoms with Crippen LogP contribution in [-0.4, -0.2) is 43.8 Å². The summed E-state index contributed by atoms with van der Waals surface area (Å²) in [6.07, 6.45) is 2.90. The largest absolute Gasteiger partial charge is 0.370 e. The summed E-state index contributed by atoms with van der Waals surface area (Å²) in [5.74, 6) is 1.57. The highest BCUT2D eigenvalue weighted by atomic mass is 16.5. The van der Waals surface area contributed by atoms with Gasteiger partial charge in [0.15, 0.2) is 5.65 Å². The molecule has 7 heteroatoms. The first-order valence-electron chi connectivity index (χ1n) is 9.16. The molecule has 27 heavy (non-hydrogen) atoms. The molecule has 0 bridgehead atoms. The number of rotatable bonds is 4. The highest BCUT2D eigenvalue weighted by molar-refractivity contribution is 5.92. The van der Waals surface area contributed by atoms with E-state index >= 15 is 0 Å². The third kappa shape index (κ3) is 3.00. The maximum absolute atomic E-state index is 6.07. The summed E-state index contributed by atoms with van der Waals surface area (Å²) in [5, 5.41) is 5.59. The quantitative estimate of drug-likeness (QED) is 0.557. The van der Waals surface area contributed by atoms with E-state index in [1.165, 1.54) is 0 Å². The number of fused-ring (bicyclic) bond motifs is 3. The Kier molecular flexibility index (Phi) is 3.94. The van der Waals surface area contributed by atoms with E-state index in [-0.39, 0.29) is 6.10 Å². The van der Waals surface area contributed by atoms with Crippen LogP contribution in [-0.2, 0) is 11.3 Å². The van der Waals surface area contributed by atoms with E-state index in [0.29, 0.717) is 6.61 Å². The van der Waals surface area contributed by atoms with Gasteiger partial charge < -0.3 is 9.64 Å². The monoisotopic (exact) mass is 360 g/mol. The maximum atomic E-state index is 6.07. The molecule has 0 N–H and O–H groups in total. The van der Waals surface area contributed by atoms with Gasteiger partial charge in [-0.05, 0) is 37.6 Å². The molecule has 0 unspecified atom stereocenters. The van der Waals surface area contributed by atoms with Crippen molar-refractivity contribution in [2.75, 3.05) is 18.0 Å². The Morgan fingerprint density at radius 2 is 2.00 bits per heavy atom. The molecule has 4 aromatic rings. The molecule has 1 aromatic carbocycles.